The van der Waals surface area contributed by atoms with Crippen LogP contribution < -0.4 is 0 Å². The van der Waals surface area contributed by atoms with E-state index >= 15 is 0 Å². The van der Waals surface area contributed by atoms with Gasteiger partial charge in [0.05, 0.1) is 0 Å². The first kappa shape index (κ1) is 17.1. The number of hydrogen-bond donors (Lipinski definition) is 0. The predicted molar refractivity (Wildman–Crippen MR) is 75.2 cm³/mol. The van der Waals surface area contributed by atoms with Gasteiger partial charge in [-0.05, 0) is 18.9 Å². The van der Waals surface area contributed by atoms with E-state index in [1.54, 1.807) is 35.5 Å². The van der Waals surface area contributed by atoms with Gasteiger partial charge in [0.2, 0.25) is 0 Å². The fraction of sp³-hybridized carbons (Fsp3) is 1.00. The highest BCUT2D eigenvalue weighted by Crippen LogP contribution is 2.50. The fourth-order valence-corrected chi connectivity index (χ4v) is 7.76. The van der Waals surface area contributed by atoms with Crippen molar-refractivity contribution in [2.24, 2.45) is 0 Å². The third-order valence-corrected chi connectivity index (χ3v) is 8.91. The second-order valence-electron chi connectivity index (χ2n) is 4.96. The van der Waals surface area contributed by atoms with E-state index in [-0.39, 0.29) is 0 Å². The quantitative estimate of drug-likeness (QED) is 0.532. The second kappa shape index (κ2) is 6.65. The summed E-state index contributed by atoms with van der Waals surface area (Å²) in [7, 11) is 5.88. The van der Waals surface area contributed by atoms with Crippen LogP contribution in [0.3, 0.4) is 0 Å². The first-order valence-corrected chi connectivity index (χ1v) is 8.85. The molecule has 6 heteroatoms. The summed E-state index contributed by atoms with van der Waals surface area (Å²) in [5, 5.41) is -0.653. The lowest BCUT2D eigenvalue weighted by Crippen LogP contribution is -2.76. The van der Waals surface area contributed by atoms with E-state index in [9.17, 15) is 0 Å². The lowest BCUT2D eigenvalue weighted by Gasteiger charge is -2.56. The Bertz CT molecular complexity index is 256. The number of methoxy groups -OCH3 is 3. The average molecular weight is 292 g/mol. The van der Waals surface area contributed by atoms with Crippen molar-refractivity contribution in [2.75, 3.05) is 35.5 Å². The Morgan fingerprint density at radius 2 is 1.53 bits per heavy atom. The van der Waals surface area contributed by atoms with E-state index in [0.717, 1.165) is 31.7 Å². The highest BCUT2D eigenvalue weighted by molar-refractivity contribution is 6.71. The zero-order valence-electron chi connectivity index (χ0n) is 13.1. The molecule has 0 aliphatic carbocycles. The molecule has 0 N–H and O–H groups in total. The van der Waals surface area contributed by atoms with Crippen LogP contribution in [0.15, 0.2) is 0 Å². The molecule has 114 valence electrons. The molecule has 1 fully saturated rings. The van der Waals surface area contributed by atoms with Crippen molar-refractivity contribution in [3.63, 3.8) is 0 Å². The van der Waals surface area contributed by atoms with Gasteiger partial charge in [0.1, 0.15) is 0 Å². The Kier molecular flexibility index (Phi) is 5.97. The van der Waals surface area contributed by atoms with Crippen LogP contribution in [0.25, 0.3) is 0 Å². The van der Waals surface area contributed by atoms with E-state index < -0.39 is 19.6 Å². The van der Waals surface area contributed by atoms with Gasteiger partial charge in [0.25, 0.3) is 0 Å². The lowest BCUT2D eigenvalue weighted by molar-refractivity contribution is -0.301. The molecule has 1 aliphatic heterocycles. The molecule has 5 nitrogen and oxygen atoms in total. The summed E-state index contributed by atoms with van der Waals surface area (Å²) < 4.78 is 29.3. The van der Waals surface area contributed by atoms with Crippen molar-refractivity contribution in [3.05, 3.63) is 0 Å². The fourth-order valence-electron chi connectivity index (χ4n) is 3.63. The van der Waals surface area contributed by atoms with E-state index in [2.05, 4.69) is 6.92 Å². The van der Waals surface area contributed by atoms with E-state index in [1.807, 2.05) is 0 Å². The van der Waals surface area contributed by atoms with Crippen molar-refractivity contribution in [2.45, 2.75) is 49.7 Å². The molecule has 1 rings (SSSR count). The smallest absolute Gasteiger partial charge is 0.376 e. The number of hydrogen-bond acceptors (Lipinski definition) is 5. The Morgan fingerprint density at radius 1 is 0.947 bits per heavy atom. The molecule has 0 bridgehead atoms. The van der Waals surface area contributed by atoms with Crippen molar-refractivity contribution >= 4 is 8.56 Å². The summed E-state index contributed by atoms with van der Waals surface area (Å²) in [6.45, 7) is 2.12. The van der Waals surface area contributed by atoms with Gasteiger partial charge in [-0.25, -0.2) is 0 Å². The predicted octanol–water partition coefficient (Wildman–Crippen LogP) is 2.23. The highest BCUT2D eigenvalue weighted by Gasteiger charge is 2.71. The van der Waals surface area contributed by atoms with Crippen LogP contribution >= 0.6 is 0 Å². The normalized spacial score (nSPS) is 29.4. The van der Waals surface area contributed by atoms with Gasteiger partial charge in [0, 0.05) is 42.0 Å². The molecule has 0 aromatic carbocycles. The Hall–Kier alpha value is 0.0169. The molecule has 1 aliphatic rings. The Morgan fingerprint density at radius 3 is 1.89 bits per heavy atom. The molecule has 0 radical (unpaired) electrons. The zero-order valence-corrected chi connectivity index (χ0v) is 14.1. The standard InChI is InChI=1S/C13H28O5Si/c1-7-9-13(16-4)12(14-2,15-3)10-8-11-19(13,17-5)18-6/h7-11H2,1-6H3. The van der Waals surface area contributed by atoms with Crippen LogP contribution in [0.2, 0.25) is 6.04 Å². The van der Waals surface area contributed by atoms with E-state index in [4.69, 9.17) is 23.1 Å². The molecule has 0 saturated carbocycles. The van der Waals surface area contributed by atoms with Gasteiger partial charge in [-0.2, -0.15) is 0 Å². The molecule has 1 unspecified atom stereocenters. The van der Waals surface area contributed by atoms with Crippen molar-refractivity contribution in [1.82, 2.24) is 0 Å². The number of rotatable bonds is 7. The molecule has 0 spiro atoms. The molecular weight excluding hydrogens is 264 g/mol. The van der Waals surface area contributed by atoms with Crippen LogP contribution in [-0.4, -0.2) is 55.1 Å². The van der Waals surface area contributed by atoms with Crippen molar-refractivity contribution in [1.29, 1.82) is 0 Å². The zero-order chi connectivity index (χ0) is 14.6. The molecule has 0 aromatic rings. The van der Waals surface area contributed by atoms with Crippen LogP contribution in [0.1, 0.15) is 32.6 Å². The van der Waals surface area contributed by atoms with Crippen LogP contribution in [0, 0.1) is 0 Å². The molecule has 19 heavy (non-hydrogen) atoms. The first-order chi connectivity index (χ1) is 9.07. The molecule has 1 atom stereocenters. The Labute approximate surface area is 117 Å². The van der Waals surface area contributed by atoms with Crippen LogP contribution in [0.5, 0.6) is 0 Å². The summed E-state index contributed by atoms with van der Waals surface area (Å²) in [6.07, 6.45) is 3.47. The van der Waals surface area contributed by atoms with Gasteiger partial charge in [-0.1, -0.05) is 13.3 Å². The van der Waals surface area contributed by atoms with Crippen LogP contribution in [-0.2, 0) is 23.1 Å². The maximum atomic E-state index is 5.98. The summed E-state index contributed by atoms with van der Waals surface area (Å²) in [6, 6.07) is 0.891. The largest absolute Gasteiger partial charge is 0.396 e. The maximum absolute atomic E-state index is 5.98. The van der Waals surface area contributed by atoms with Gasteiger partial charge in [0.15, 0.2) is 11.0 Å². The van der Waals surface area contributed by atoms with E-state index in [1.165, 1.54) is 0 Å². The average Bonchev–Trinajstić information content (AvgIpc) is 2.47. The highest BCUT2D eigenvalue weighted by atomic mass is 28.4. The molecule has 0 amide bonds. The molecule has 0 aromatic heterocycles. The summed E-state index contributed by atoms with van der Waals surface area (Å²) >= 11 is 0. The van der Waals surface area contributed by atoms with Crippen LogP contribution in [0.4, 0.5) is 0 Å². The van der Waals surface area contributed by atoms with Gasteiger partial charge in [-0.15, -0.1) is 0 Å². The minimum atomic E-state index is -2.58. The minimum Gasteiger partial charge on any atom is -0.396 e. The first-order valence-electron chi connectivity index (χ1n) is 6.83. The SMILES string of the molecule is CCCC1(OC)C(OC)(OC)CCC[Si]1(OC)OC. The molecule has 1 heterocycles. The molecular formula is C13H28O5Si. The van der Waals surface area contributed by atoms with E-state index in [0.29, 0.717) is 0 Å². The summed E-state index contributed by atoms with van der Waals surface area (Å²) in [4.78, 5) is 0. The third kappa shape index (κ3) is 2.28. The maximum Gasteiger partial charge on any atom is 0.376 e. The Balaban J connectivity index is 3.39. The topological polar surface area (TPSA) is 46.2 Å². The lowest BCUT2D eigenvalue weighted by atomic mass is 9.98. The minimum absolute atomic E-state index is 0.653. The van der Waals surface area contributed by atoms with Gasteiger partial charge < -0.3 is 23.1 Å². The number of ether oxygens (including phenoxy) is 3. The monoisotopic (exact) mass is 292 g/mol. The van der Waals surface area contributed by atoms with Crippen molar-refractivity contribution < 1.29 is 23.1 Å². The second-order valence-corrected chi connectivity index (χ2v) is 8.59. The molecule has 1 saturated heterocycles. The third-order valence-electron chi connectivity index (χ3n) is 4.51. The van der Waals surface area contributed by atoms with Gasteiger partial charge >= 0.3 is 8.56 Å². The van der Waals surface area contributed by atoms with Gasteiger partial charge in [-0.3, -0.25) is 0 Å². The summed E-state index contributed by atoms with van der Waals surface area (Å²) in [5.74, 6) is -0.797. The summed E-state index contributed by atoms with van der Waals surface area (Å²) in [5.41, 5.74) is 0. The van der Waals surface area contributed by atoms with Crippen molar-refractivity contribution in [3.8, 4) is 0 Å².